The Kier molecular flexibility index (Phi) is 9.53. The van der Waals surface area contributed by atoms with E-state index < -0.39 is 66.1 Å². The van der Waals surface area contributed by atoms with Gasteiger partial charge in [-0.2, -0.15) is 0 Å². The second kappa shape index (κ2) is 13.3. The van der Waals surface area contributed by atoms with Gasteiger partial charge in [-0.3, -0.25) is 23.7 Å². The molecule has 2 heterocycles. The van der Waals surface area contributed by atoms with E-state index in [9.17, 15) is 33.9 Å². The van der Waals surface area contributed by atoms with Crippen LogP contribution in [0.15, 0.2) is 42.6 Å². The van der Waals surface area contributed by atoms with Crippen LogP contribution < -0.4 is 0 Å². The number of carbonyl (C=O) groups is 6. The zero-order valence-corrected chi connectivity index (χ0v) is 26.6. The molecule has 248 valence electrons. The Morgan fingerprint density at radius 1 is 0.894 bits per heavy atom. The number of carbonyl (C=O) groups excluding carboxylic acids is 6. The number of halogens is 1. The molecule has 2 fully saturated rings. The molecule has 1 aliphatic carbocycles. The molecule has 0 spiro atoms. The standard InChI is InChI=1S/C33H32ClNO12/c1-16(37)35-14-24(23-12-22(25(34)13-26(23)35)20-6-8-21(9-7-20)33(42)10-5-11-33)31(41)47-32-30(45-19(4)40)29(44-18(3)39)28(43-17(2)38)27(15-36)46-32/h6-9,12-15,27-30,32,42H,5,10-11H2,1-4H3/t27-,28-,29+,30-,32+/m1/s1. The number of aliphatic hydroxyl groups is 1. The minimum absolute atomic E-state index is 0.104. The summed E-state index contributed by atoms with van der Waals surface area (Å²) in [6, 6.07) is 10.4. The van der Waals surface area contributed by atoms with Gasteiger partial charge in [-0.1, -0.05) is 35.9 Å². The Morgan fingerprint density at radius 2 is 1.49 bits per heavy atom. The largest absolute Gasteiger partial charge is 0.455 e. The molecule has 2 aromatic carbocycles. The van der Waals surface area contributed by atoms with Crippen molar-refractivity contribution in [3.05, 3.63) is 58.7 Å². The molecule has 1 N–H and O–H groups in total. The summed E-state index contributed by atoms with van der Waals surface area (Å²) in [7, 11) is 0. The fraction of sp³-hybridized carbons (Fsp3) is 0.394. The van der Waals surface area contributed by atoms with Gasteiger partial charge in [-0.05, 0) is 42.5 Å². The van der Waals surface area contributed by atoms with E-state index in [1.54, 1.807) is 18.2 Å². The van der Waals surface area contributed by atoms with Crippen molar-refractivity contribution in [3.8, 4) is 11.1 Å². The Hall–Kier alpha value is -4.59. The SMILES string of the molecule is CC(=O)O[C@@H]1[C@@H](OC(C)=O)[C@H](OC(=O)c2cn(C(C)=O)c3cc(Cl)c(-c4ccc(C5(O)CCC5)cc4)cc23)O[C@H](C=O)[C@H]1OC(C)=O. The first kappa shape index (κ1) is 33.8. The summed E-state index contributed by atoms with van der Waals surface area (Å²) < 4.78 is 28.2. The molecule has 0 unspecified atom stereocenters. The summed E-state index contributed by atoms with van der Waals surface area (Å²) in [6.07, 6.45) is -4.39. The number of aldehydes is 1. The van der Waals surface area contributed by atoms with E-state index >= 15 is 0 Å². The highest BCUT2D eigenvalue weighted by Gasteiger charge is 2.53. The van der Waals surface area contributed by atoms with Crippen LogP contribution in [0.4, 0.5) is 0 Å². The van der Waals surface area contributed by atoms with Crippen LogP contribution in [0.5, 0.6) is 0 Å². The molecule has 0 bridgehead atoms. The lowest BCUT2D eigenvalue weighted by atomic mass is 9.75. The maximum Gasteiger partial charge on any atom is 0.342 e. The number of ether oxygens (including phenoxy) is 5. The number of nitrogens with zero attached hydrogens (tertiary/aromatic N) is 1. The predicted octanol–water partition coefficient (Wildman–Crippen LogP) is 3.87. The molecule has 1 aliphatic heterocycles. The minimum atomic E-state index is -1.81. The molecule has 2 aliphatic rings. The van der Waals surface area contributed by atoms with Crippen LogP contribution in [0, 0.1) is 0 Å². The van der Waals surface area contributed by atoms with Gasteiger partial charge in [0.25, 0.3) is 0 Å². The summed E-state index contributed by atoms with van der Waals surface area (Å²) in [4.78, 5) is 74.3. The molecule has 1 aromatic heterocycles. The molecule has 47 heavy (non-hydrogen) atoms. The highest BCUT2D eigenvalue weighted by Crippen LogP contribution is 2.42. The molecule has 3 aromatic rings. The van der Waals surface area contributed by atoms with Crippen molar-refractivity contribution in [3.63, 3.8) is 0 Å². The summed E-state index contributed by atoms with van der Waals surface area (Å²) in [6.45, 7) is 4.43. The van der Waals surface area contributed by atoms with Crippen molar-refractivity contribution in [1.82, 2.24) is 4.57 Å². The summed E-state index contributed by atoms with van der Waals surface area (Å²) in [5, 5.41) is 11.3. The number of fused-ring (bicyclic) bond motifs is 1. The van der Waals surface area contributed by atoms with Gasteiger partial charge in [-0.25, -0.2) is 4.79 Å². The average Bonchev–Trinajstić information content (AvgIpc) is 3.36. The lowest BCUT2D eigenvalue weighted by Crippen LogP contribution is -2.62. The third-order valence-electron chi connectivity index (χ3n) is 8.16. The van der Waals surface area contributed by atoms with Crippen molar-refractivity contribution < 1.29 is 57.6 Å². The third-order valence-corrected chi connectivity index (χ3v) is 8.47. The van der Waals surface area contributed by atoms with Crippen LogP contribution in [0.25, 0.3) is 22.0 Å². The van der Waals surface area contributed by atoms with Crippen molar-refractivity contribution >= 4 is 58.6 Å². The van der Waals surface area contributed by atoms with Gasteiger partial charge in [0.05, 0.1) is 21.7 Å². The minimum Gasteiger partial charge on any atom is -0.455 e. The Balaban J connectivity index is 1.54. The molecule has 1 saturated carbocycles. The fourth-order valence-electron chi connectivity index (χ4n) is 5.83. The van der Waals surface area contributed by atoms with Crippen molar-refractivity contribution in [2.24, 2.45) is 0 Å². The van der Waals surface area contributed by atoms with Gasteiger partial charge in [0, 0.05) is 44.8 Å². The first-order valence-corrected chi connectivity index (χ1v) is 15.1. The van der Waals surface area contributed by atoms with Crippen LogP contribution in [0.1, 0.15) is 67.7 Å². The zero-order valence-electron chi connectivity index (χ0n) is 25.9. The number of hydrogen-bond donors (Lipinski definition) is 1. The number of aromatic nitrogens is 1. The van der Waals surface area contributed by atoms with E-state index in [0.717, 1.165) is 32.8 Å². The lowest BCUT2D eigenvalue weighted by molar-refractivity contribution is -0.282. The van der Waals surface area contributed by atoms with Crippen LogP contribution in [-0.4, -0.2) is 76.5 Å². The molecule has 14 heteroatoms. The highest BCUT2D eigenvalue weighted by atomic mass is 35.5. The Bertz CT molecular complexity index is 1760. The number of benzene rings is 2. The molecule has 13 nitrogen and oxygen atoms in total. The third kappa shape index (κ3) is 6.78. The van der Waals surface area contributed by atoms with Crippen molar-refractivity contribution in [1.29, 1.82) is 0 Å². The van der Waals surface area contributed by atoms with Crippen molar-refractivity contribution in [2.45, 2.75) is 83.3 Å². The first-order valence-electron chi connectivity index (χ1n) is 14.7. The van der Waals surface area contributed by atoms with E-state index in [1.807, 2.05) is 12.1 Å². The normalized spacial score (nSPS) is 23.2. The molecule has 0 amide bonds. The number of esters is 4. The second-order valence-electron chi connectivity index (χ2n) is 11.5. The van der Waals surface area contributed by atoms with Gasteiger partial charge in [0.15, 0.2) is 24.6 Å². The highest BCUT2D eigenvalue weighted by molar-refractivity contribution is 6.34. The Labute approximate surface area is 273 Å². The van der Waals surface area contributed by atoms with Crippen molar-refractivity contribution in [2.75, 3.05) is 0 Å². The Morgan fingerprint density at radius 3 is 2.02 bits per heavy atom. The smallest absolute Gasteiger partial charge is 0.342 e. The van der Waals surface area contributed by atoms with Gasteiger partial charge in [-0.15, -0.1) is 0 Å². The molecule has 0 radical (unpaired) electrons. The zero-order chi connectivity index (χ0) is 34.2. The van der Waals surface area contributed by atoms with E-state index in [-0.39, 0.29) is 27.8 Å². The van der Waals surface area contributed by atoms with Crippen LogP contribution in [0.2, 0.25) is 5.02 Å². The lowest BCUT2D eigenvalue weighted by Gasteiger charge is -2.42. The summed E-state index contributed by atoms with van der Waals surface area (Å²) >= 11 is 6.66. The first-order chi connectivity index (χ1) is 22.2. The molecule has 1 saturated heterocycles. The van der Waals surface area contributed by atoms with Crippen LogP contribution >= 0.6 is 11.6 Å². The van der Waals surface area contributed by atoms with Crippen LogP contribution in [0.3, 0.4) is 0 Å². The van der Waals surface area contributed by atoms with Gasteiger partial charge in [0.1, 0.15) is 0 Å². The van der Waals surface area contributed by atoms with Crippen LogP contribution in [-0.2, 0) is 48.5 Å². The molecule has 5 atom stereocenters. The molecule has 5 rings (SSSR count). The van der Waals surface area contributed by atoms with Gasteiger partial charge >= 0.3 is 23.9 Å². The predicted molar refractivity (Wildman–Crippen MR) is 163 cm³/mol. The number of hydrogen-bond acceptors (Lipinski definition) is 12. The van der Waals surface area contributed by atoms with Gasteiger partial charge in [0.2, 0.25) is 18.3 Å². The molecular weight excluding hydrogens is 638 g/mol. The maximum absolute atomic E-state index is 13.8. The number of rotatable bonds is 8. The summed E-state index contributed by atoms with van der Waals surface area (Å²) in [5.41, 5.74) is 1.31. The summed E-state index contributed by atoms with van der Waals surface area (Å²) in [5.74, 6) is -4.09. The van der Waals surface area contributed by atoms with E-state index in [1.165, 1.54) is 23.8 Å². The second-order valence-corrected chi connectivity index (χ2v) is 11.9. The van der Waals surface area contributed by atoms with E-state index in [4.69, 9.17) is 35.3 Å². The maximum atomic E-state index is 13.8. The molecular formula is C33H32ClNO12. The topological polar surface area (TPSA) is 174 Å². The average molecular weight is 670 g/mol. The quantitative estimate of drug-likeness (QED) is 0.209. The monoisotopic (exact) mass is 669 g/mol. The van der Waals surface area contributed by atoms with E-state index in [0.29, 0.717) is 24.0 Å². The fourth-order valence-corrected chi connectivity index (χ4v) is 6.10. The van der Waals surface area contributed by atoms with E-state index in [2.05, 4.69) is 0 Å². The van der Waals surface area contributed by atoms with Gasteiger partial charge < -0.3 is 33.6 Å².